The monoisotopic (exact) mass is 716 g/mol. The van der Waals surface area contributed by atoms with E-state index >= 15 is 0 Å². The molecule has 2 aromatic heterocycles. The summed E-state index contributed by atoms with van der Waals surface area (Å²) in [5.41, 5.74) is 6.01. The number of nitrogens with one attached hydrogen (secondary N) is 2. The molecular formula is C23H17Br5N2. The Morgan fingerprint density at radius 2 is 1.23 bits per heavy atom. The van der Waals surface area contributed by atoms with Crippen LogP contribution >= 0.6 is 79.6 Å². The Kier molecular flexibility index (Phi) is 5.89. The number of rotatable bonds is 4. The first-order valence-electron chi connectivity index (χ1n) is 9.81. The predicted molar refractivity (Wildman–Crippen MR) is 147 cm³/mol. The Hall–Kier alpha value is -0.340. The molecule has 0 unspecified atom stereocenters. The molecule has 2 heterocycles. The molecular weight excluding hydrogens is 704 g/mol. The van der Waals surface area contributed by atoms with Crippen molar-refractivity contribution >= 4 is 123 Å². The first-order chi connectivity index (χ1) is 14.4. The summed E-state index contributed by atoms with van der Waals surface area (Å²) in [6.45, 7) is 2.25. The summed E-state index contributed by atoms with van der Waals surface area (Å²) in [6, 6.07) is 8.60. The van der Waals surface area contributed by atoms with E-state index in [-0.39, 0.29) is 0 Å². The summed E-state index contributed by atoms with van der Waals surface area (Å²) in [6.07, 6.45) is 4.64. The number of unbranched alkanes of at least 4 members (excludes halogenated alkanes) is 2. The van der Waals surface area contributed by atoms with Gasteiger partial charge in [-0.2, -0.15) is 0 Å². The van der Waals surface area contributed by atoms with E-state index in [1.807, 2.05) is 0 Å². The van der Waals surface area contributed by atoms with E-state index in [0.29, 0.717) is 0 Å². The van der Waals surface area contributed by atoms with Gasteiger partial charge in [-0.25, -0.2) is 0 Å². The Morgan fingerprint density at radius 3 is 1.83 bits per heavy atom. The normalized spacial score (nSPS) is 12.2. The molecule has 0 bridgehead atoms. The molecule has 3 aromatic carbocycles. The summed E-state index contributed by atoms with van der Waals surface area (Å²) >= 11 is 18.8. The Bertz CT molecular complexity index is 1450. The van der Waals surface area contributed by atoms with Crippen molar-refractivity contribution in [1.29, 1.82) is 0 Å². The lowest BCUT2D eigenvalue weighted by molar-refractivity contribution is 0.721. The number of H-pyrrole nitrogens is 2. The molecule has 0 radical (unpaired) electrons. The van der Waals surface area contributed by atoms with Gasteiger partial charge in [0.15, 0.2) is 0 Å². The van der Waals surface area contributed by atoms with Crippen LogP contribution in [0.15, 0.2) is 46.6 Å². The lowest BCUT2D eigenvalue weighted by Crippen LogP contribution is -1.91. The minimum Gasteiger partial charge on any atom is -0.353 e. The van der Waals surface area contributed by atoms with Crippen molar-refractivity contribution in [3.05, 3.63) is 52.2 Å². The highest BCUT2D eigenvalue weighted by molar-refractivity contribution is 9.11. The fraction of sp³-hybridized carbons (Fsp3) is 0.217. The largest absolute Gasteiger partial charge is 0.353 e. The summed E-state index contributed by atoms with van der Waals surface area (Å²) < 4.78 is 5.36. The summed E-state index contributed by atoms with van der Waals surface area (Å²) in [7, 11) is 0. The molecule has 0 atom stereocenters. The average molecular weight is 721 g/mol. The minimum absolute atomic E-state index is 1.04. The van der Waals surface area contributed by atoms with Crippen LogP contribution in [0.3, 0.4) is 0 Å². The molecule has 0 saturated carbocycles. The average Bonchev–Trinajstić information content (AvgIpc) is 3.25. The van der Waals surface area contributed by atoms with Gasteiger partial charge in [-0.3, -0.25) is 0 Å². The molecule has 0 aliphatic heterocycles. The van der Waals surface area contributed by atoms with Gasteiger partial charge in [0.1, 0.15) is 0 Å². The van der Waals surface area contributed by atoms with Gasteiger partial charge in [0, 0.05) is 39.4 Å². The van der Waals surface area contributed by atoms with Crippen LogP contribution in [0.1, 0.15) is 31.7 Å². The van der Waals surface area contributed by atoms with E-state index in [1.54, 1.807) is 0 Å². The fourth-order valence-electron chi connectivity index (χ4n) is 4.42. The SMILES string of the molecule is CCCCCc1c2[nH]c3c(Br)cc(Br)cc3c2c(Br)c2[nH]c3c(Br)cc(Br)cc3c12. The number of benzene rings is 3. The Labute approximate surface area is 216 Å². The van der Waals surface area contributed by atoms with Gasteiger partial charge in [0.05, 0.1) is 26.5 Å². The molecule has 30 heavy (non-hydrogen) atoms. The number of hydrogen-bond acceptors (Lipinski definition) is 0. The van der Waals surface area contributed by atoms with Gasteiger partial charge in [-0.05, 0) is 90.5 Å². The van der Waals surface area contributed by atoms with Crippen LogP contribution in [0.5, 0.6) is 0 Å². The van der Waals surface area contributed by atoms with Crippen LogP contribution in [0.25, 0.3) is 43.6 Å². The molecule has 5 aromatic rings. The van der Waals surface area contributed by atoms with Crippen LogP contribution in [-0.4, -0.2) is 9.97 Å². The van der Waals surface area contributed by atoms with Gasteiger partial charge < -0.3 is 9.97 Å². The molecule has 0 fully saturated rings. The van der Waals surface area contributed by atoms with Crippen molar-refractivity contribution in [2.75, 3.05) is 0 Å². The van der Waals surface area contributed by atoms with Crippen molar-refractivity contribution in [2.24, 2.45) is 0 Å². The van der Waals surface area contributed by atoms with E-state index < -0.39 is 0 Å². The second-order valence-corrected chi connectivity index (χ2v) is 12.0. The maximum atomic E-state index is 3.96. The highest BCUT2D eigenvalue weighted by Crippen LogP contribution is 2.46. The molecule has 0 aliphatic carbocycles. The molecule has 2 nitrogen and oxygen atoms in total. The maximum absolute atomic E-state index is 3.96. The highest BCUT2D eigenvalue weighted by atomic mass is 79.9. The number of aromatic nitrogens is 2. The quantitative estimate of drug-likeness (QED) is 0.173. The molecule has 0 saturated heterocycles. The molecule has 7 heteroatoms. The number of aryl methyl sites for hydroxylation is 1. The van der Waals surface area contributed by atoms with E-state index in [4.69, 9.17) is 0 Å². The van der Waals surface area contributed by atoms with Crippen molar-refractivity contribution in [1.82, 2.24) is 9.97 Å². The molecule has 154 valence electrons. The third-order valence-corrected chi connectivity index (χ3v) is 8.68. The van der Waals surface area contributed by atoms with Crippen LogP contribution in [0.2, 0.25) is 0 Å². The van der Waals surface area contributed by atoms with E-state index in [0.717, 1.165) is 45.3 Å². The molecule has 0 amide bonds. The van der Waals surface area contributed by atoms with E-state index in [9.17, 15) is 0 Å². The number of aromatic amines is 2. The standard InChI is InChI=1S/C23H17Br5N2/c1-2-3-4-5-12-17-13-6-10(24)8-15(26)20(13)30-23(17)19(28)18-14-7-11(25)9-16(27)21(14)29-22(12)18/h6-9,29-30H,2-5H2,1H3. The van der Waals surface area contributed by atoms with Gasteiger partial charge >= 0.3 is 0 Å². The number of hydrogen-bond donors (Lipinski definition) is 2. The summed E-state index contributed by atoms with van der Waals surface area (Å²) in [4.78, 5) is 7.45. The van der Waals surface area contributed by atoms with Gasteiger partial charge in [0.2, 0.25) is 0 Å². The zero-order valence-corrected chi connectivity index (χ0v) is 24.0. The summed E-state index contributed by atoms with van der Waals surface area (Å²) in [5, 5.41) is 4.96. The molecule has 0 aliphatic rings. The van der Waals surface area contributed by atoms with Crippen LogP contribution in [0, 0.1) is 0 Å². The van der Waals surface area contributed by atoms with Crippen molar-refractivity contribution in [2.45, 2.75) is 32.6 Å². The molecule has 2 N–H and O–H groups in total. The van der Waals surface area contributed by atoms with Crippen molar-refractivity contribution < 1.29 is 0 Å². The van der Waals surface area contributed by atoms with Crippen LogP contribution in [0.4, 0.5) is 0 Å². The topological polar surface area (TPSA) is 31.6 Å². The maximum Gasteiger partial charge on any atom is 0.0620 e. The van der Waals surface area contributed by atoms with Gasteiger partial charge in [-0.15, -0.1) is 0 Å². The molecule has 5 rings (SSSR count). The zero-order chi connectivity index (χ0) is 21.2. The minimum atomic E-state index is 1.04. The van der Waals surface area contributed by atoms with Gasteiger partial charge in [-0.1, -0.05) is 51.6 Å². The van der Waals surface area contributed by atoms with Crippen LogP contribution < -0.4 is 0 Å². The third kappa shape index (κ3) is 3.35. The fourth-order valence-corrected chi connectivity index (χ4v) is 7.78. The van der Waals surface area contributed by atoms with Gasteiger partial charge in [0.25, 0.3) is 0 Å². The zero-order valence-electron chi connectivity index (χ0n) is 16.0. The second-order valence-electron chi connectivity index (χ2n) is 7.62. The first kappa shape index (κ1) is 21.5. The summed E-state index contributed by atoms with van der Waals surface area (Å²) in [5.74, 6) is 0. The van der Waals surface area contributed by atoms with Crippen molar-refractivity contribution in [3.63, 3.8) is 0 Å². The lowest BCUT2D eigenvalue weighted by atomic mass is 9.97. The van der Waals surface area contributed by atoms with E-state index in [1.165, 1.54) is 51.9 Å². The Morgan fingerprint density at radius 1 is 0.667 bits per heavy atom. The predicted octanol–water partition coefficient (Wildman–Crippen LogP) is 10.5. The number of halogens is 5. The van der Waals surface area contributed by atoms with Crippen molar-refractivity contribution in [3.8, 4) is 0 Å². The number of fused-ring (bicyclic) bond motifs is 6. The molecule has 0 spiro atoms. The third-order valence-electron chi connectivity index (χ3n) is 5.72. The second kappa shape index (κ2) is 8.22. The first-order valence-corrected chi connectivity index (χ1v) is 13.8. The smallest absolute Gasteiger partial charge is 0.0620 e. The highest BCUT2D eigenvalue weighted by Gasteiger charge is 2.22. The van der Waals surface area contributed by atoms with Crippen LogP contribution in [-0.2, 0) is 6.42 Å². The Balaban J connectivity index is 2.00. The van der Waals surface area contributed by atoms with E-state index in [2.05, 4.69) is 121 Å². The lowest BCUT2D eigenvalue weighted by Gasteiger charge is -2.09.